The maximum atomic E-state index is 13.0. The lowest BCUT2D eigenvalue weighted by Crippen LogP contribution is -2.38. The minimum atomic E-state index is -3.47. The van der Waals surface area contributed by atoms with E-state index in [9.17, 15) is 16.8 Å². The minimum absolute atomic E-state index is 0.355. The lowest BCUT2D eigenvalue weighted by Gasteiger charge is -2.30. The molecule has 6 atom stereocenters. The molecule has 4 aliphatic heterocycles. The molecule has 2 fully saturated rings. The number of rotatable bonds is 4. The summed E-state index contributed by atoms with van der Waals surface area (Å²) in [4.78, 5) is 6.19. The molecule has 50 heavy (non-hydrogen) atoms. The molecule has 8 rings (SSSR count). The summed E-state index contributed by atoms with van der Waals surface area (Å²) < 4.78 is 51.9. The number of sulfone groups is 2. The highest BCUT2D eigenvalue weighted by Gasteiger charge is 2.41. The van der Waals surface area contributed by atoms with Crippen LogP contribution in [0.1, 0.15) is 56.1 Å². The Hall–Kier alpha value is -3.70. The Morgan fingerprint density at radius 2 is 1.14 bits per heavy atom. The minimum Gasteiger partial charge on any atom is -0.371 e. The van der Waals surface area contributed by atoms with E-state index in [0.29, 0.717) is 55.5 Å². The normalized spacial score (nSPS) is 26.0. The van der Waals surface area contributed by atoms with Crippen molar-refractivity contribution in [1.29, 1.82) is 0 Å². The molecular weight excluding hydrogens is 665 g/mol. The van der Waals surface area contributed by atoms with Crippen LogP contribution < -0.4 is 20.4 Å². The van der Waals surface area contributed by atoms with E-state index < -0.39 is 19.7 Å². The molecule has 4 aromatic rings. The number of nitrogens with zero attached hydrogens (tertiary/aromatic N) is 2. The van der Waals surface area contributed by atoms with Gasteiger partial charge in [0.05, 0.1) is 19.6 Å². The van der Waals surface area contributed by atoms with Crippen molar-refractivity contribution >= 4 is 31.0 Å². The second-order valence-electron chi connectivity index (χ2n) is 14.4. The van der Waals surface area contributed by atoms with E-state index in [0.717, 1.165) is 38.9 Å². The van der Waals surface area contributed by atoms with Crippen LogP contribution in [0.15, 0.2) is 117 Å². The van der Waals surface area contributed by atoms with Gasteiger partial charge in [0, 0.05) is 55.4 Å². The van der Waals surface area contributed by atoms with E-state index in [1.54, 1.807) is 60.7 Å². The third kappa shape index (κ3) is 6.25. The number of benzene rings is 4. The maximum Gasteiger partial charge on any atom is 0.206 e. The summed E-state index contributed by atoms with van der Waals surface area (Å²) in [6, 6.07) is 30.0. The van der Waals surface area contributed by atoms with Crippen LogP contribution in [0, 0.1) is 5.92 Å². The van der Waals surface area contributed by atoms with Gasteiger partial charge in [0.2, 0.25) is 19.7 Å². The van der Waals surface area contributed by atoms with Crippen molar-refractivity contribution in [2.75, 3.05) is 43.5 Å². The average molecular weight is 713 g/mol. The van der Waals surface area contributed by atoms with Crippen LogP contribution in [-0.2, 0) is 19.7 Å². The average Bonchev–Trinajstić information content (AvgIpc) is 3.33. The molecule has 2 unspecified atom stereocenters. The van der Waals surface area contributed by atoms with Gasteiger partial charge in [-0.2, -0.15) is 0 Å². The van der Waals surface area contributed by atoms with E-state index in [4.69, 9.17) is 0 Å². The van der Waals surface area contributed by atoms with Crippen LogP contribution in [0.25, 0.3) is 0 Å². The quantitative estimate of drug-likeness (QED) is 0.257. The molecule has 2 saturated heterocycles. The van der Waals surface area contributed by atoms with Gasteiger partial charge in [-0.25, -0.2) is 16.8 Å². The summed E-state index contributed by atoms with van der Waals surface area (Å²) >= 11 is 0. The Morgan fingerprint density at radius 3 is 1.72 bits per heavy atom. The molecule has 0 aromatic heterocycles. The van der Waals surface area contributed by atoms with E-state index in [-0.39, 0.29) is 0 Å². The summed E-state index contributed by atoms with van der Waals surface area (Å²) in [6.07, 6.45) is 3.17. The van der Waals surface area contributed by atoms with Crippen LogP contribution in [-0.4, -0.2) is 68.7 Å². The molecule has 0 radical (unpaired) electrons. The van der Waals surface area contributed by atoms with Crippen molar-refractivity contribution in [2.45, 2.75) is 82.7 Å². The van der Waals surface area contributed by atoms with Gasteiger partial charge in [-0.15, -0.1) is 0 Å². The molecule has 0 saturated carbocycles. The smallest absolute Gasteiger partial charge is 0.206 e. The Balaban J connectivity index is 0.000000157. The fourth-order valence-corrected chi connectivity index (χ4v) is 11.4. The fraction of sp³-hybridized carbons (Fsp3) is 0.400. The number of hydrogen-bond acceptors (Lipinski definition) is 8. The van der Waals surface area contributed by atoms with Crippen molar-refractivity contribution in [3.63, 3.8) is 0 Å². The molecule has 4 heterocycles. The Labute approximate surface area is 297 Å². The first-order chi connectivity index (χ1) is 24.0. The molecule has 0 spiro atoms. The summed E-state index contributed by atoms with van der Waals surface area (Å²) in [5.74, 6) is 1.30. The first-order valence-electron chi connectivity index (χ1n) is 17.8. The van der Waals surface area contributed by atoms with Gasteiger partial charge >= 0.3 is 0 Å². The topological polar surface area (TPSA) is 98.8 Å². The highest BCUT2D eigenvalue weighted by Crippen LogP contribution is 2.47. The summed E-state index contributed by atoms with van der Waals surface area (Å²) in [7, 11) is -2.68. The van der Waals surface area contributed by atoms with Crippen molar-refractivity contribution in [3.05, 3.63) is 108 Å². The third-order valence-corrected chi connectivity index (χ3v) is 14.9. The van der Waals surface area contributed by atoms with Crippen LogP contribution in [0.5, 0.6) is 0 Å². The van der Waals surface area contributed by atoms with Gasteiger partial charge in [0.15, 0.2) is 0 Å². The third-order valence-electron chi connectivity index (χ3n) is 11.3. The molecule has 0 bridgehead atoms. The van der Waals surface area contributed by atoms with Gasteiger partial charge in [-0.05, 0) is 124 Å². The van der Waals surface area contributed by atoms with Crippen molar-refractivity contribution in [2.24, 2.45) is 5.92 Å². The van der Waals surface area contributed by atoms with Crippen molar-refractivity contribution in [3.8, 4) is 0 Å². The molecule has 4 aromatic carbocycles. The van der Waals surface area contributed by atoms with Gasteiger partial charge < -0.3 is 20.4 Å². The molecule has 2 N–H and O–H groups in total. The summed E-state index contributed by atoms with van der Waals surface area (Å²) in [5.41, 5.74) is 4.72. The standard InChI is InChI=1S/2C20H24N2O2S/c1-14-13-21-11-10-17-18-12-16(8-9-19(18)22(2)20(14)17)25(23,24)15-6-4-3-5-7-15;1-14-12-20-17(10-11-21-14)18-13-16(8-9-19(18)22(20)2)25(23,24)15-6-4-3-5-7-15/h3-9,12,14,17,20-21H,10-11,13H2,1-2H3;3-9,13-14,17,20-21H,10-12H2,1-2H3/t14?,17-,20+;14?,17-,20-/m00/s1. The predicted octanol–water partition coefficient (Wildman–Crippen LogP) is 6.24. The second-order valence-corrected chi connectivity index (χ2v) is 18.3. The van der Waals surface area contributed by atoms with Crippen LogP contribution in [0.3, 0.4) is 0 Å². The number of fused-ring (bicyclic) bond motifs is 6. The fourth-order valence-electron chi connectivity index (χ4n) is 8.79. The molecular formula is C40H48N4O4S2. The van der Waals surface area contributed by atoms with Crippen molar-refractivity contribution < 1.29 is 16.8 Å². The van der Waals surface area contributed by atoms with Crippen LogP contribution >= 0.6 is 0 Å². The summed E-state index contributed by atoms with van der Waals surface area (Å²) in [6.45, 7) is 7.47. The number of hydrogen-bond donors (Lipinski definition) is 2. The summed E-state index contributed by atoms with van der Waals surface area (Å²) in [5, 5.41) is 7.05. The molecule has 4 aliphatic rings. The van der Waals surface area contributed by atoms with Gasteiger partial charge in [-0.3, -0.25) is 0 Å². The largest absolute Gasteiger partial charge is 0.371 e. The number of anilines is 2. The van der Waals surface area contributed by atoms with Crippen LogP contribution in [0.2, 0.25) is 0 Å². The van der Waals surface area contributed by atoms with Crippen LogP contribution in [0.4, 0.5) is 11.4 Å². The Morgan fingerprint density at radius 1 is 0.620 bits per heavy atom. The lowest BCUT2D eigenvalue weighted by atomic mass is 9.86. The second kappa shape index (κ2) is 13.8. The molecule has 8 nitrogen and oxygen atoms in total. The first kappa shape index (κ1) is 34.7. The SMILES string of the molecule is CC1CNCC[C@H]2c3cc(S(=O)(=O)c4ccccc4)ccc3N(C)[C@H]12.CC1C[C@H]2[C@@H](CCN1)c1cc(S(=O)(=O)c3ccccc3)ccc1N2C. The monoisotopic (exact) mass is 712 g/mol. The number of nitrogens with one attached hydrogen (secondary N) is 2. The van der Waals surface area contributed by atoms with E-state index in [2.05, 4.69) is 48.4 Å². The van der Waals surface area contributed by atoms with Gasteiger partial charge in [0.1, 0.15) is 0 Å². The zero-order valence-corrected chi connectivity index (χ0v) is 30.9. The lowest BCUT2D eigenvalue weighted by molar-refractivity contribution is 0.417. The van der Waals surface area contributed by atoms with Gasteiger partial charge in [-0.1, -0.05) is 43.3 Å². The zero-order chi connectivity index (χ0) is 35.2. The van der Waals surface area contributed by atoms with E-state index in [1.165, 1.54) is 22.5 Å². The highest BCUT2D eigenvalue weighted by atomic mass is 32.2. The highest BCUT2D eigenvalue weighted by molar-refractivity contribution is 7.91. The van der Waals surface area contributed by atoms with Gasteiger partial charge in [0.25, 0.3) is 0 Å². The molecule has 0 amide bonds. The Kier molecular flexibility index (Phi) is 9.58. The Bertz CT molecular complexity index is 2060. The molecule has 0 aliphatic carbocycles. The van der Waals surface area contributed by atoms with E-state index in [1.807, 2.05) is 36.4 Å². The van der Waals surface area contributed by atoms with E-state index >= 15 is 0 Å². The maximum absolute atomic E-state index is 13.0. The predicted molar refractivity (Wildman–Crippen MR) is 200 cm³/mol. The molecule has 10 heteroatoms. The zero-order valence-electron chi connectivity index (χ0n) is 29.3. The first-order valence-corrected chi connectivity index (χ1v) is 20.7. The van der Waals surface area contributed by atoms with Crippen molar-refractivity contribution in [1.82, 2.24) is 10.6 Å². The molecule has 264 valence electrons. The number of likely N-dealkylation sites (N-methyl/N-ethyl adjacent to an activating group) is 2.